The number of aryl methyl sites for hydroxylation is 1. The number of halogens is 1. The van der Waals surface area contributed by atoms with Crippen LogP contribution in [0.15, 0.2) is 67.0 Å². The molecule has 0 aliphatic heterocycles. The summed E-state index contributed by atoms with van der Waals surface area (Å²) in [6.45, 7) is 6.92. The molecule has 7 nitrogen and oxygen atoms in total. The van der Waals surface area contributed by atoms with Gasteiger partial charge in [0.2, 0.25) is 5.95 Å². The maximum atomic E-state index is 13.6. The van der Waals surface area contributed by atoms with Gasteiger partial charge in [0.15, 0.2) is 5.65 Å². The van der Waals surface area contributed by atoms with Crippen LogP contribution in [0.1, 0.15) is 42.7 Å². The van der Waals surface area contributed by atoms with Crippen LogP contribution < -0.4 is 10.6 Å². The van der Waals surface area contributed by atoms with E-state index in [9.17, 15) is 9.18 Å². The number of carbonyl (C=O) groups excluding carboxylic acids is 1. The summed E-state index contributed by atoms with van der Waals surface area (Å²) in [6.07, 6.45) is 3.72. The van der Waals surface area contributed by atoms with E-state index in [0.29, 0.717) is 23.0 Å². The van der Waals surface area contributed by atoms with Crippen LogP contribution in [0.25, 0.3) is 27.7 Å². The second kappa shape index (κ2) is 9.45. The van der Waals surface area contributed by atoms with Crippen LogP contribution in [-0.4, -0.2) is 31.6 Å². The highest BCUT2D eigenvalue weighted by Gasteiger charge is 2.18. The number of benzene rings is 2. The van der Waals surface area contributed by atoms with Crippen LogP contribution in [0.2, 0.25) is 0 Å². The molecule has 3 aromatic heterocycles. The van der Waals surface area contributed by atoms with Crippen LogP contribution >= 0.6 is 0 Å². The SMILES string of the molecule is CC(C)CNc1nc2cc(-c3ccc4c(c3)c(C(=O)N[C@@H](C)c3cccc(F)c3)cn4C)ccn2n1. The summed E-state index contributed by atoms with van der Waals surface area (Å²) in [6, 6.07) is 16.0. The number of nitrogens with one attached hydrogen (secondary N) is 2. The third-order valence-electron chi connectivity index (χ3n) is 6.27. The Morgan fingerprint density at radius 3 is 2.64 bits per heavy atom. The van der Waals surface area contributed by atoms with Crippen LogP contribution in [0.3, 0.4) is 0 Å². The first-order valence-electron chi connectivity index (χ1n) is 12.0. The Morgan fingerprint density at radius 1 is 1.06 bits per heavy atom. The summed E-state index contributed by atoms with van der Waals surface area (Å²) < 4.78 is 17.3. The first-order chi connectivity index (χ1) is 17.3. The molecule has 2 aromatic carbocycles. The van der Waals surface area contributed by atoms with E-state index >= 15 is 0 Å². The highest BCUT2D eigenvalue weighted by Crippen LogP contribution is 2.29. The molecular formula is C28H29FN6O. The standard InChI is InChI=1S/C28H29FN6O/c1-17(2)15-30-28-32-26-14-21(10-11-35(26)33-28)20-8-9-25-23(13-20)24(16-34(25)4)27(36)31-18(3)19-6-5-7-22(29)12-19/h5-14,16-18H,15H2,1-4H3,(H,30,33)(H,31,36)/t18-/m0/s1. The summed E-state index contributed by atoms with van der Waals surface area (Å²) in [5, 5.41) is 11.6. The second-order valence-electron chi connectivity index (χ2n) is 9.56. The van der Waals surface area contributed by atoms with Gasteiger partial charge in [-0.15, -0.1) is 5.10 Å². The lowest BCUT2D eigenvalue weighted by Gasteiger charge is -2.14. The number of fused-ring (bicyclic) bond motifs is 2. The Labute approximate surface area is 209 Å². The highest BCUT2D eigenvalue weighted by atomic mass is 19.1. The molecule has 0 fully saturated rings. The average molecular weight is 485 g/mol. The molecule has 0 aliphatic carbocycles. The highest BCUT2D eigenvalue weighted by molar-refractivity contribution is 6.08. The van der Waals surface area contributed by atoms with Crippen molar-refractivity contribution in [2.45, 2.75) is 26.8 Å². The van der Waals surface area contributed by atoms with Gasteiger partial charge in [-0.05, 0) is 65.9 Å². The van der Waals surface area contributed by atoms with Crippen LogP contribution in [0, 0.1) is 11.7 Å². The minimum atomic E-state index is -0.333. The number of carbonyl (C=O) groups is 1. The zero-order chi connectivity index (χ0) is 25.4. The lowest BCUT2D eigenvalue weighted by Crippen LogP contribution is -2.26. The largest absolute Gasteiger partial charge is 0.353 e. The molecule has 8 heteroatoms. The van der Waals surface area contributed by atoms with Crippen LogP contribution in [-0.2, 0) is 7.05 Å². The van der Waals surface area contributed by atoms with E-state index in [4.69, 9.17) is 0 Å². The van der Waals surface area contributed by atoms with Crippen molar-refractivity contribution < 1.29 is 9.18 Å². The quantitative estimate of drug-likeness (QED) is 0.316. The summed E-state index contributed by atoms with van der Waals surface area (Å²) in [5.41, 5.74) is 4.94. The second-order valence-corrected chi connectivity index (χ2v) is 9.56. The Bertz CT molecular complexity index is 1570. The molecule has 2 N–H and O–H groups in total. The fourth-order valence-corrected chi connectivity index (χ4v) is 4.32. The normalized spacial score (nSPS) is 12.4. The molecule has 5 rings (SSSR count). The number of amides is 1. The Kier molecular flexibility index (Phi) is 6.18. The molecule has 1 amide bonds. The Hall–Kier alpha value is -4.20. The van der Waals surface area contributed by atoms with Gasteiger partial charge in [-0.3, -0.25) is 4.79 Å². The fraction of sp³-hybridized carbons (Fsp3) is 0.250. The molecule has 1 atom stereocenters. The fourth-order valence-electron chi connectivity index (χ4n) is 4.32. The predicted octanol–water partition coefficient (Wildman–Crippen LogP) is 5.59. The van der Waals surface area contributed by atoms with Crippen molar-refractivity contribution in [3.05, 3.63) is 83.9 Å². The molecular weight excluding hydrogens is 455 g/mol. The van der Waals surface area contributed by atoms with Gasteiger partial charge in [0, 0.05) is 36.9 Å². The topological polar surface area (TPSA) is 76.2 Å². The van der Waals surface area contributed by atoms with Crippen molar-refractivity contribution in [1.82, 2.24) is 24.5 Å². The first kappa shape index (κ1) is 23.5. The number of hydrogen-bond donors (Lipinski definition) is 2. The van der Waals surface area contributed by atoms with Gasteiger partial charge in [0.25, 0.3) is 5.91 Å². The van der Waals surface area contributed by atoms with Gasteiger partial charge < -0.3 is 15.2 Å². The zero-order valence-electron chi connectivity index (χ0n) is 20.8. The van der Waals surface area contributed by atoms with Gasteiger partial charge in [0.05, 0.1) is 11.6 Å². The van der Waals surface area contributed by atoms with Crippen molar-refractivity contribution in [3.63, 3.8) is 0 Å². The summed E-state index contributed by atoms with van der Waals surface area (Å²) >= 11 is 0. The molecule has 3 heterocycles. The number of aromatic nitrogens is 4. The molecule has 5 aromatic rings. The van der Waals surface area contributed by atoms with Gasteiger partial charge in [0.1, 0.15) is 5.82 Å². The molecule has 0 bridgehead atoms. The maximum Gasteiger partial charge on any atom is 0.253 e. The molecule has 0 spiro atoms. The molecule has 0 saturated heterocycles. The first-order valence-corrected chi connectivity index (χ1v) is 12.0. The molecule has 184 valence electrons. The van der Waals surface area contributed by atoms with Crippen LogP contribution in [0.4, 0.5) is 10.3 Å². The Morgan fingerprint density at radius 2 is 1.86 bits per heavy atom. The summed E-state index contributed by atoms with van der Waals surface area (Å²) in [5.74, 6) is 0.568. The average Bonchev–Trinajstić information content (AvgIpc) is 3.42. The van der Waals surface area contributed by atoms with Crippen molar-refractivity contribution >= 4 is 28.4 Å². The van der Waals surface area contributed by atoms with Crippen molar-refractivity contribution in [3.8, 4) is 11.1 Å². The third-order valence-corrected chi connectivity index (χ3v) is 6.27. The Balaban J connectivity index is 1.45. The van der Waals surface area contributed by atoms with E-state index in [1.165, 1.54) is 12.1 Å². The van der Waals surface area contributed by atoms with Gasteiger partial charge in [-0.25, -0.2) is 8.91 Å². The lowest BCUT2D eigenvalue weighted by molar-refractivity contribution is 0.0941. The summed E-state index contributed by atoms with van der Waals surface area (Å²) in [4.78, 5) is 17.8. The smallest absolute Gasteiger partial charge is 0.253 e. The predicted molar refractivity (Wildman–Crippen MR) is 141 cm³/mol. The monoisotopic (exact) mass is 484 g/mol. The maximum absolute atomic E-state index is 13.6. The zero-order valence-corrected chi connectivity index (χ0v) is 20.8. The van der Waals surface area contributed by atoms with E-state index in [0.717, 1.165) is 34.2 Å². The van der Waals surface area contributed by atoms with Crippen molar-refractivity contribution in [1.29, 1.82) is 0 Å². The molecule has 36 heavy (non-hydrogen) atoms. The van der Waals surface area contributed by atoms with Crippen molar-refractivity contribution in [2.75, 3.05) is 11.9 Å². The van der Waals surface area contributed by atoms with Crippen LogP contribution in [0.5, 0.6) is 0 Å². The van der Waals surface area contributed by atoms with E-state index in [-0.39, 0.29) is 17.8 Å². The minimum absolute atomic E-state index is 0.205. The van der Waals surface area contributed by atoms with E-state index < -0.39 is 0 Å². The number of pyridine rings is 1. The van der Waals surface area contributed by atoms with Gasteiger partial charge in [-0.1, -0.05) is 32.0 Å². The van der Waals surface area contributed by atoms with Gasteiger partial charge in [-0.2, -0.15) is 4.98 Å². The number of hydrogen-bond acceptors (Lipinski definition) is 4. The van der Waals surface area contributed by atoms with E-state index in [1.807, 2.05) is 61.3 Å². The van der Waals surface area contributed by atoms with Crippen molar-refractivity contribution in [2.24, 2.45) is 13.0 Å². The molecule has 0 radical (unpaired) electrons. The number of nitrogens with zero attached hydrogens (tertiary/aromatic N) is 4. The van der Waals surface area contributed by atoms with E-state index in [1.54, 1.807) is 16.6 Å². The molecule has 0 unspecified atom stereocenters. The molecule has 0 aliphatic rings. The van der Waals surface area contributed by atoms with E-state index in [2.05, 4.69) is 34.6 Å². The summed E-state index contributed by atoms with van der Waals surface area (Å²) in [7, 11) is 1.92. The van der Waals surface area contributed by atoms with Gasteiger partial charge >= 0.3 is 0 Å². The molecule has 0 saturated carbocycles. The lowest BCUT2D eigenvalue weighted by atomic mass is 10.0. The number of rotatable bonds is 7. The third kappa shape index (κ3) is 4.66. The number of anilines is 1. The minimum Gasteiger partial charge on any atom is -0.353 e.